The van der Waals surface area contributed by atoms with Crippen LogP contribution in [0.4, 0.5) is 4.79 Å². The van der Waals surface area contributed by atoms with Gasteiger partial charge in [0.25, 0.3) is 0 Å². The second-order valence-electron chi connectivity index (χ2n) is 10.6. The standard InChI is InChI=1S/C29H42BN3O5.CH4/c1-20(2)16-24(28(35)33-26(30(5)37)18-22-12-8-6-9-13-22)31-27(34)25(17-21(3)4)32-29(36)38-19-23-14-10-7-11-15-23;/h6-15,20-21,24-26,37H,16-19H2,1-5H3,(H,31,34)(H,32,36)(H,33,35);1H4. The highest BCUT2D eigenvalue weighted by molar-refractivity contribution is 6.51. The molecule has 8 nitrogen and oxygen atoms in total. The predicted molar refractivity (Wildman–Crippen MR) is 157 cm³/mol. The molecule has 2 aromatic carbocycles. The topological polar surface area (TPSA) is 117 Å². The summed E-state index contributed by atoms with van der Waals surface area (Å²) < 4.78 is 5.31. The average molecular weight is 540 g/mol. The van der Waals surface area contributed by atoms with Crippen LogP contribution in [-0.2, 0) is 27.4 Å². The van der Waals surface area contributed by atoms with Gasteiger partial charge in [-0.1, -0.05) is 103 Å². The Morgan fingerprint density at radius 3 is 1.72 bits per heavy atom. The molecule has 0 spiro atoms. The first-order valence-electron chi connectivity index (χ1n) is 13.3. The van der Waals surface area contributed by atoms with Crippen LogP contribution in [0.1, 0.15) is 59.1 Å². The van der Waals surface area contributed by atoms with E-state index in [0.717, 1.165) is 11.1 Å². The smallest absolute Gasteiger partial charge is 0.408 e. The molecule has 3 amide bonds. The molecular weight excluding hydrogens is 493 g/mol. The Hall–Kier alpha value is -3.33. The molecule has 0 fully saturated rings. The Morgan fingerprint density at radius 1 is 0.769 bits per heavy atom. The molecule has 0 aliphatic rings. The van der Waals surface area contributed by atoms with Crippen LogP contribution < -0.4 is 16.0 Å². The third-order valence-corrected chi connectivity index (χ3v) is 6.08. The number of hydrogen-bond donors (Lipinski definition) is 4. The lowest BCUT2D eigenvalue weighted by atomic mass is 9.61. The molecule has 39 heavy (non-hydrogen) atoms. The third kappa shape index (κ3) is 12.8. The van der Waals surface area contributed by atoms with Gasteiger partial charge in [-0.2, -0.15) is 0 Å². The van der Waals surface area contributed by atoms with Crippen molar-refractivity contribution < 1.29 is 24.1 Å². The molecule has 0 saturated carbocycles. The van der Waals surface area contributed by atoms with E-state index in [-0.39, 0.29) is 31.8 Å². The van der Waals surface area contributed by atoms with E-state index in [9.17, 15) is 19.4 Å². The van der Waals surface area contributed by atoms with E-state index in [1.165, 1.54) is 0 Å². The predicted octanol–water partition coefficient (Wildman–Crippen LogP) is 4.37. The van der Waals surface area contributed by atoms with Crippen molar-refractivity contribution in [2.24, 2.45) is 11.8 Å². The van der Waals surface area contributed by atoms with Crippen LogP contribution in [0.2, 0.25) is 6.82 Å². The van der Waals surface area contributed by atoms with E-state index >= 15 is 0 Å². The van der Waals surface area contributed by atoms with Crippen molar-refractivity contribution in [1.29, 1.82) is 0 Å². The number of alkyl carbamates (subject to hydrolysis) is 1. The van der Waals surface area contributed by atoms with E-state index in [1.807, 2.05) is 88.4 Å². The van der Waals surface area contributed by atoms with Gasteiger partial charge in [0.1, 0.15) is 18.7 Å². The molecule has 0 bridgehead atoms. The number of ether oxygens (including phenoxy) is 1. The number of carbonyl (C=O) groups excluding carboxylic acids is 3. The summed E-state index contributed by atoms with van der Waals surface area (Å²) >= 11 is 0. The summed E-state index contributed by atoms with van der Waals surface area (Å²) in [7, 11) is 0. The molecule has 4 N–H and O–H groups in total. The molecule has 9 heteroatoms. The minimum atomic E-state index is -0.863. The molecule has 0 aliphatic heterocycles. The van der Waals surface area contributed by atoms with Gasteiger partial charge in [0.15, 0.2) is 0 Å². The van der Waals surface area contributed by atoms with Crippen molar-refractivity contribution in [3.05, 3.63) is 71.8 Å². The van der Waals surface area contributed by atoms with Crippen LogP contribution in [0.3, 0.4) is 0 Å². The molecule has 214 valence electrons. The zero-order valence-corrected chi connectivity index (χ0v) is 23.1. The molecule has 3 atom stereocenters. The summed E-state index contributed by atoms with van der Waals surface area (Å²) in [6, 6.07) is 17.2. The summed E-state index contributed by atoms with van der Waals surface area (Å²) in [6.45, 7) is 8.76. The average Bonchev–Trinajstić information content (AvgIpc) is 2.86. The van der Waals surface area contributed by atoms with Crippen LogP contribution in [0.5, 0.6) is 0 Å². The highest BCUT2D eigenvalue weighted by Crippen LogP contribution is 2.11. The maximum atomic E-state index is 13.3. The highest BCUT2D eigenvalue weighted by atomic mass is 16.5. The van der Waals surface area contributed by atoms with Crippen LogP contribution >= 0.6 is 0 Å². The second kappa shape index (κ2) is 17.3. The van der Waals surface area contributed by atoms with Crippen molar-refractivity contribution in [2.75, 3.05) is 0 Å². The Kier molecular flexibility index (Phi) is 15.0. The second-order valence-corrected chi connectivity index (χ2v) is 10.6. The molecule has 0 radical (unpaired) electrons. The Balaban J connectivity index is 0.00000760. The SMILES string of the molecule is C.CB(O)C(Cc1ccccc1)NC(=O)C(CC(C)C)NC(=O)C(CC(C)C)NC(=O)OCc1ccccc1. The minimum Gasteiger partial charge on any atom is -0.449 e. The monoisotopic (exact) mass is 539 g/mol. The molecule has 0 saturated heterocycles. The summed E-state index contributed by atoms with van der Waals surface area (Å²) in [5, 5.41) is 18.7. The number of nitrogens with one attached hydrogen (secondary N) is 3. The summed E-state index contributed by atoms with van der Waals surface area (Å²) in [5.41, 5.74) is 1.82. The van der Waals surface area contributed by atoms with Crippen molar-refractivity contribution in [2.45, 2.75) is 85.8 Å². The van der Waals surface area contributed by atoms with Crippen LogP contribution in [0.25, 0.3) is 0 Å². The lowest BCUT2D eigenvalue weighted by Gasteiger charge is -2.27. The van der Waals surface area contributed by atoms with Gasteiger partial charge < -0.3 is 25.7 Å². The molecule has 0 heterocycles. The van der Waals surface area contributed by atoms with Crippen molar-refractivity contribution in [3.63, 3.8) is 0 Å². The van der Waals surface area contributed by atoms with Gasteiger partial charge in [0.05, 0.1) is 0 Å². The summed E-state index contributed by atoms with van der Waals surface area (Å²) in [6.07, 6.45) is 0.545. The number of benzene rings is 2. The number of amides is 3. The lowest BCUT2D eigenvalue weighted by molar-refractivity contribution is -0.130. The molecule has 0 aromatic heterocycles. The van der Waals surface area contributed by atoms with Crippen LogP contribution in [0, 0.1) is 11.8 Å². The van der Waals surface area contributed by atoms with Crippen LogP contribution in [-0.4, -0.2) is 47.9 Å². The van der Waals surface area contributed by atoms with Gasteiger partial charge in [0, 0.05) is 5.94 Å². The normalized spacial score (nSPS) is 13.0. The fourth-order valence-corrected chi connectivity index (χ4v) is 4.08. The first-order valence-corrected chi connectivity index (χ1v) is 13.3. The van der Waals surface area contributed by atoms with E-state index < -0.39 is 36.9 Å². The molecule has 0 aliphatic carbocycles. The van der Waals surface area contributed by atoms with Gasteiger partial charge in [-0.25, -0.2) is 4.79 Å². The lowest BCUT2D eigenvalue weighted by Crippen LogP contribution is -2.57. The molecule has 2 aromatic rings. The minimum absolute atomic E-state index is 0. The molecule has 2 rings (SSSR count). The first-order chi connectivity index (χ1) is 18.0. The Morgan fingerprint density at radius 2 is 1.23 bits per heavy atom. The van der Waals surface area contributed by atoms with Crippen LogP contribution in [0.15, 0.2) is 60.7 Å². The van der Waals surface area contributed by atoms with Crippen molar-refractivity contribution >= 4 is 24.8 Å². The fraction of sp³-hybridized carbons (Fsp3) is 0.500. The quantitative estimate of drug-likeness (QED) is 0.266. The number of hydrogen-bond acceptors (Lipinski definition) is 5. The first kappa shape index (κ1) is 33.7. The van der Waals surface area contributed by atoms with Crippen molar-refractivity contribution in [3.8, 4) is 0 Å². The summed E-state index contributed by atoms with van der Waals surface area (Å²) in [5.74, 6) is -1.11. The summed E-state index contributed by atoms with van der Waals surface area (Å²) in [4.78, 5) is 39.1. The number of carbonyl (C=O) groups is 3. The molecular formula is C30H46BN3O5. The van der Waals surface area contributed by atoms with E-state index in [1.54, 1.807) is 6.82 Å². The maximum Gasteiger partial charge on any atom is 0.408 e. The molecule has 3 unspecified atom stereocenters. The van der Waals surface area contributed by atoms with Gasteiger partial charge in [0.2, 0.25) is 11.8 Å². The largest absolute Gasteiger partial charge is 0.449 e. The third-order valence-electron chi connectivity index (χ3n) is 6.08. The van der Waals surface area contributed by atoms with Gasteiger partial charge in [-0.15, -0.1) is 0 Å². The zero-order chi connectivity index (χ0) is 28.1. The Labute approximate surface area is 234 Å². The maximum absolute atomic E-state index is 13.3. The Bertz CT molecular complexity index is 1000. The van der Waals surface area contributed by atoms with E-state index in [2.05, 4.69) is 16.0 Å². The van der Waals surface area contributed by atoms with E-state index in [4.69, 9.17) is 4.74 Å². The number of rotatable bonds is 14. The van der Waals surface area contributed by atoms with Gasteiger partial charge in [-0.3, -0.25) is 9.59 Å². The van der Waals surface area contributed by atoms with Gasteiger partial charge >= 0.3 is 13.0 Å². The fourth-order valence-electron chi connectivity index (χ4n) is 4.08. The zero-order valence-electron chi connectivity index (χ0n) is 23.1. The highest BCUT2D eigenvalue weighted by Gasteiger charge is 2.31. The van der Waals surface area contributed by atoms with E-state index in [0.29, 0.717) is 19.3 Å². The van der Waals surface area contributed by atoms with Crippen molar-refractivity contribution in [1.82, 2.24) is 16.0 Å². The van der Waals surface area contributed by atoms with Gasteiger partial charge in [-0.05, 0) is 42.2 Å².